The first-order chi connectivity index (χ1) is 16.5. The summed E-state index contributed by atoms with van der Waals surface area (Å²) in [6, 6.07) is 4.89. The van der Waals surface area contributed by atoms with Crippen LogP contribution in [-0.2, 0) is 25.6 Å². The molecule has 35 heavy (non-hydrogen) atoms. The lowest BCUT2D eigenvalue weighted by Crippen LogP contribution is -2.58. The van der Waals surface area contributed by atoms with Crippen LogP contribution in [0.4, 0.5) is 0 Å². The van der Waals surface area contributed by atoms with E-state index in [1.54, 1.807) is 13.1 Å². The summed E-state index contributed by atoms with van der Waals surface area (Å²) in [6.07, 6.45) is 3.00. The van der Waals surface area contributed by atoms with Crippen LogP contribution in [0.3, 0.4) is 0 Å². The van der Waals surface area contributed by atoms with Gasteiger partial charge in [0.25, 0.3) is 0 Å². The van der Waals surface area contributed by atoms with Gasteiger partial charge in [-0.15, -0.1) is 0 Å². The van der Waals surface area contributed by atoms with Crippen LogP contribution in [0.15, 0.2) is 30.5 Å². The standard InChI is InChI=1S/C25H37N5O5/c1-5-15(4)22(25(35)28-13-21(31)32)30-24(34)20(29-23(33)18(26)10-14(2)3)11-16-12-27-19-9-7-6-8-17(16)19/h6-9,12,14-15,18,20,22,27H,5,10-11,13,26H2,1-4H3,(H,28,35)(H,29,33)(H,30,34)(H,31,32). The molecule has 4 unspecified atom stereocenters. The molecule has 10 heteroatoms. The summed E-state index contributed by atoms with van der Waals surface area (Å²) in [5, 5.41) is 17.6. The molecule has 1 aromatic heterocycles. The van der Waals surface area contributed by atoms with E-state index in [1.807, 2.05) is 45.0 Å². The van der Waals surface area contributed by atoms with Crippen LogP contribution in [0.1, 0.15) is 46.1 Å². The number of carbonyl (C=O) groups is 4. The first-order valence-electron chi connectivity index (χ1n) is 11.9. The molecule has 7 N–H and O–H groups in total. The lowest BCUT2D eigenvalue weighted by atomic mass is 9.96. The van der Waals surface area contributed by atoms with Crippen molar-refractivity contribution in [3.8, 4) is 0 Å². The number of aliphatic carboxylic acids is 1. The molecule has 10 nitrogen and oxygen atoms in total. The van der Waals surface area contributed by atoms with Crippen molar-refractivity contribution < 1.29 is 24.3 Å². The Hall–Kier alpha value is -3.40. The highest BCUT2D eigenvalue weighted by Crippen LogP contribution is 2.19. The van der Waals surface area contributed by atoms with Crippen molar-refractivity contribution in [1.29, 1.82) is 0 Å². The van der Waals surface area contributed by atoms with Gasteiger partial charge in [-0.25, -0.2) is 0 Å². The summed E-state index contributed by atoms with van der Waals surface area (Å²) in [5.41, 5.74) is 7.77. The highest BCUT2D eigenvalue weighted by atomic mass is 16.4. The van der Waals surface area contributed by atoms with Gasteiger partial charge in [-0.3, -0.25) is 19.2 Å². The van der Waals surface area contributed by atoms with Gasteiger partial charge >= 0.3 is 5.97 Å². The number of aromatic nitrogens is 1. The summed E-state index contributed by atoms with van der Waals surface area (Å²) in [4.78, 5) is 52.9. The van der Waals surface area contributed by atoms with Gasteiger partial charge in [-0.05, 0) is 29.9 Å². The Kier molecular flexibility index (Phi) is 10.3. The summed E-state index contributed by atoms with van der Waals surface area (Å²) in [6.45, 7) is 7.01. The fourth-order valence-corrected chi connectivity index (χ4v) is 3.85. The van der Waals surface area contributed by atoms with Gasteiger partial charge in [0.2, 0.25) is 17.7 Å². The molecule has 0 aliphatic carbocycles. The largest absolute Gasteiger partial charge is 0.480 e. The predicted octanol–water partition coefficient (Wildman–Crippen LogP) is 1.30. The van der Waals surface area contributed by atoms with Gasteiger partial charge in [0.15, 0.2) is 0 Å². The maximum atomic E-state index is 13.4. The number of benzene rings is 1. The molecule has 1 heterocycles. The van der Waals surface area contributed by atoms with Gasteiger partial charge in [0.05, 0.1) is 6.04 Å². The van der Waals surface area contributed by atoms with Crippen molar-refractivity contribution in [2.45, 2.75) is 65.1 Å². The van der Waals surface area contributed by atoms with E-state index in [0.29, 0.717) is 12.8 Å². The van der Waals surface area contributed by atoms with E-state index in [1.165, 1.54) is 0 Å². The molecule has 0 bridgehead atoms. The number of carbonyl (C=O) groups excluding carboxylic acids is 3. The normalized spacial score (nSPS) is 14.7. The first kappa shape index (κ1) is 27.8. The van der Waals surface area contributed by atoms with Gasteiger partial charge < -0.3 is 31.8 Å². The number of para-hydroxylation sites is 1. The molecule has 1 aromatic carbocycles. The summed E-state index contributed by atoms with van der Waals surface area (Å²) in [5.74, 6) is -2.84. The monoisotopic (exact) mass is 487 g/mol. The second-order valence-electron chi connectivity index (χ2n) is 9.34. The third kappa shape index (κ3) is 8.10. The van der Waals surface area contributed by atoms with Crippen LogP contribution in [0.2, 0.25) is 0 Å². The van der Waals surface area contributed by atoms with Gasteiger partial charge in [-0.2, -0.15) is 0 Å². The molecule has 0 radical (unpaired) electrons. The second kappa shape index (κ2) is 12.9. The van der Waals surface area contributed by atoms with Crippen molar-refractivity contribution in [3.63, 3.8) is 0 Å². The molecular weight excluding hydrogens is 450 g/mol. The summed E-state index contributed by atoms with van der Waals surface area (Å²) >= 11 is 0. The van der Waals surface area contributed by atoms with Crippen LogP contribution in [0, 0.1) is 11.8 Å². The Morgan fingerprint density at radius 1 is 1.03 bits per heavy atom. The topological polar surface area (TPSA) is 166 Å². The van der Waals surface area contributed by atoms with E-state index in [0.717, 1.165) is 16.5 Å². The zero-order valence-corrected chi connectivity index (χ0v) is 20.8. The minimum atomic E-state index is -1.18. The van der Waals surface area contributed by atoms with Crippen LogP contribution in [0.5, 0.6) is 0 Å². The van der Waals surface area contributed by atoms with E-state index < -0.39 is 48.4 Å². The number of hydrogen-bond donors (Lipinski definition) is 6. The highest BCUT2D eigenvalue weighted by Gasteiger charge is 2.31. The molecule has 3 amide bonds. The molecule has 2 aromatic rings. The molecule has 4 atom stereocenters. The lowest BCUT2D eigenvalue weighted by Gasteiger charge is -2.27. The number of amides is 3. The van der Waals surface area contributed by atoms with Crippen molar-refractivity contribution in [2.75, 3.05) is 6.54 Å². The third-order valence-electron chi connectivity index (χ3n) is 6.00. The fourth-order valence-electron chi connectivity index (χ4n) is 3.85. The summed E-state index contributed by atoms with van der Waals surface area (Å²) < 4.78 is 0. The van der Waals surface area contributed by atoms with Gasteiger partial charge in [0.1, 0.15) is 18.6 Å². The quantitative estimate of drug-likeness (QED) is 0.249. The molecule has 0 aliphatic heterocycles. The van der Waals surface area contributed by atoms with Crippen molar-refractivity contribution >= 4 is 34.6 Å². The number of hydrogen-bond acceptors (Lipinski definition) is 5. The molecule has 0 fully saturated rings. The predicted molar refractivity (Wildman–Crippen MR) is 133 cm³/mol. The Morgan fingerprint density at radius 2 is 1.71 bits per heavy atom. The van der Waals surface area contributed by atoms with Crippen LogP contribution >= 0.6 is 0 Å². The molecule has 2 rings (SSSR count). The molecular formula is C25H37N5O5. The van der Waals surface area contributed by atoms with Crippen molar-refractivity contribution in [3.05, 3.63) is 36.0 Å². The van der Waals surface area contributed by atoms with Crippen LogP contribution in [0.25, 0.3) is 10.9 Å². The average Bonchev–Trinajstić information content (AvgIpc) is 3.22. The number of aromatic amines is 1. The minimum absolute atomic E-state index is 0.181. The number of rotatable bonds is 13. The molecule has 0 aliphatic rings. The smallest absolute Gasteiger partial charge is 0.322 e. The van der Waals surface area contributed by atoms with Crippen LogP contribution < -0.4 is 21.7 Å². The Morgan fingerprint density at radius 3 is 2.34 bits per heavy atom. The maximum absolute atomic E-state index is 13.4. The van der Waals surface area contributed by atoms with Gasteiger partial charge in [0, 0.05) is 23.5 Å². The molecule has 0 saturated heterocycles. The zero-order chi connectivity index (χ0) is 26.1. The van der Waals surface area contributed by atoms with Gasteiger partial charge in [-0.1, -0.05) is 52.3 Å². The fraction of sp³-hybridized carbons (Fsp3) is 0.520. The van der Waals surface area contributed by atoms with E-state index in [-0.39, 0.29) is 18.3 Å². The first-order valence-corrected chi connectivity index (χ1v) is 11.9. The van der Waals surface area contributed by atoms with Crippen LogP contribution in [-0.4, -0.2) is 58.5 Å². The Labute approximate surface area is 205 Å². The number of nitrogens with two attached hydrogens (primary N) is 1. The SMILES string of the molecule is CCC(C)C(NC(=O)C(Cc1c[nH]c2ccccc12)NC(=O)C(N)CC(C)C)C(=O)NCC(=O)O. The van der Waals surface area contributed by atoms with E-state index >= 15 is 0 Å². The molecule has 192 valence electrons. The maximum Gasteiger partial charge on any atom is 0.322 e. The zero-order valence-electron chi connectivity index (χ0n) is 20.8. The van der Waals surface area contributed by atoms with Crippen molar-refractivity contribution in [2.24, 2.45) is 17.6 Å². The van der Waals surface area contributed by atoms with E-state index in [4.69, 9.17) is 10.8 Å². The number of carboxylic acid groups (broad SMARTS) is 1. The Bertz CT molecular complexity index is 1030. The van der Waals surface area contributed by atoms with E-state index in [2.05, 4.69) is 20.9 Å². The third-order valence-corrected chi connectivity index (χ3v) is 6.00. The number of fused-ring (bicyclic) bond motifs is 1. The second-order valence-corrected chi connectivity index (χ2v) is 9.34. The Balaban J connectivity index is 2.28. The number of carboxylic acids is 1. The van der Waals surface area contributed by atoms with E-state index in [9.17, 15) is 19.2 Å². The van der Waals surface area contributed by atoms with Crippen molar-refractivity contribution in [1.82, 2.24) is 20.9 Å². The summed E-state index contributed by atoms with van der Waals surface area (Å²) in [7, 11) is 0. The average molecular weight is 488 g/mol. The number of H-pyrrole nitrogens is 1. The lowest BCUT2D eigenvalue weighted by molar-refractivity contribution is -0.139. The molecule has 0 saturated carbocycles. The number of nitrogens with one attached hydrogen (secondary N) is 4. The molecule has 0 spiro atoms. The highest BCUT2D eigenvalue weighted by molar-refractivity contribution is 5.94. The minimum Gasteiger partial charge on any atom is -0.480 e.